The fourth-order valence-electron chi connectivity index (χ4n) is 4.05. The molecule has 6 heteroatoms. The summed E-state index contributed by atoms with van der Waals surface area (Å²) in [5.74, 6) is 0.481. The Balaban J connectivity index is 1.53. The number of carbonyl (C=O) groups excluding carboxylic acids is 1. The molecule has 150 valence electrons. The SMILES string of the molecule is CNC[C@@H]1CCCN(C(=O)c2nnn(-c3ccc(-c4ccccc4)cc3)c2C)C1. The van der Waals surface area contributed by atoms with Crippen molar-refractivity contribution < 1.29 is 4.79 Å². The van der Waals surface area contributed by atoms with Crippen LogP contribution in [0, 0.1) is 12.8 Å². The highest BCUT2D eigenvalue weighted by Gasteiger charge is 2.27. The average molecular weight is 390 g/mol. The van der Waals surface area contributed by atoms with Crippen LogP contribution in [0.1, 0.15) is 29.0 Å². The maximum Gasteiger partial charge on any atom is 0.276 e. The Morgan fingerprint density at radius 3 is 2.55 bits per heavy atom. The third kappa shape index (κ3) is 4.07. The van der Waals surface area contributed by atoms with E-state index in [1.165, 1.54) is 5.56 Å². The molecule has 4 rings (SSSR count). The molecule has 1 amide bonds. The first-order chi connectivity index (χ1) is 14.2. The highest BCUT2D eigenvalue weighted by molar-refractivity contribution is 5.93. The lowest BCUT2D eigenvalue weighted by atomic mass is 9.97. The number of aromatic nitrogens is 3. The summed E-state index contributed by atoms with van der Waals surface area (Å²) in [5.41, 5.74) is 4.44. The number of amides is 1. The zero-order valence-electron chi connectivity index (χ0n) is 17.0. The minimum atomic E-state index is -0.0181. The van der Waals surface area contributed by atoms with Gasteiger partial charge in [0.2, 0.25) is 0 Å². The van der Waals surface area contributed by atoms with Crippen LogP contribution in [-0.4, -0.2) is 52.5 Å². The molecule has 3 aromatic rings. The van der Waals surface area contributed by atoms with E-state index in [1.807, 2.05) is 49.2 Å². The van der Waals surface area contributed by atoms with Gasteiger partial charge in [0.15, 0.2) is 5.69 Å². The van der Waals surface area contributed by atoms with Crippen LogP contribution in [0.5, 0.6) is 0 Å². The summed E-state index contributed by atoms with van der Waals surface area (Å²) in [7, 11) is 1.96. The minimum absolute atomic E-state index is 0.0181. The Morgan fingerprint density at radius 2 is 1.83 bits per heavy atom. The van der Waals surface area contributed by atoms with E-state index >= 15 is 0 Å². The summed E-state index contributed by atoms with van der Waals surface area (Å²) in [5, 5.41) is 11.7. The van der Waals surface area contributed by atoms with Crippen molar-refractivity contribution >= 4 is 5.91 Å². The van der Waals surface area contributed by atoms with Crippen molar-refractivity contribution in [3.63, 3.8) is 0 Å². The van der Waals surface area contributed by atoms with Crippen LogP contribution in [0.4, 0.5) is 0 Å². The molecule has 1 saturated heterocycles. The molecule has 1 fully saturated rings. The van der Waals surface area contributed by atoms with Crippen molar-refractivity contribution in [2.45, 2.75) is 19.8 Å². The van der Waals surface area contributed by atoms with Crippen molar-refractivity contribution in [3.05, 3.63) is 66.0 Å². The van der Waals surface area contributed by atoms with E-state index in [-0.39, 0.29) is 5.91 Å². The van der Waals surface area contributed by atoms with Gasteiger partial charge in [0.1, 0.15) is 0 Å². The molecule has 0 saturated carbocycles. The Hall–Kier alpha value is -2.99. The number of carbonyl (C=O) groups is 1. The number of nitrogens with zero attached hydrogens (tertiary/aromatic N) is 4. The monoisotopic (exact) mass is 389 g/mol. The van der Waals surface area contributed by atoms with E-state index in [1.54, 1.807) is 4.68 Å². The molecule has 1 aromatic heterocycles. The van der Waals surface area contributed by atoms with Gasteiger partial charge in [-0.3, -0.25) is 4.79 Å². The van der Waals surface area contributed by atoms with Gasteiger partial charge in [0, 0.05) is 13.1 Å². The van der Waals surface area contributed by atoms with Gasteiger partial charge in [-0.05, 0) is 62.5 Å². The molecule has 0 bridgehead atoms. The third-order valence-electron chi connectivity index (χ3n) is 5.62. The van der Waals surface area contributed by atoms with Crippen LogP contribution >= 0.6 is 0 Å². The Kier molecular flexibility index (Phi) is 5.71. The second-order valence-electron chi connectivity index (χ2n) is 7.67. The number of rotatable bonds is 5. The third-order valence-corrected chi connectivity index (χ3v) is 5.62. The molecule has 29 heavy (non-hydrogen) atoms. The smallest absolute Gasteiger partial charge is 0.276 e. The average Bonchev–Trinajstić information content (AvgIpc) is 3.15. The van der Waals surface area contributed by atoms with E-state index < -0.39 is 0 Å². The van der Waals surface area contributed by atoms with Gasteiger partial charge in [-0.1, -0.05) is 47.7 Å². The quantitative estimate of drug-likeness (QED) is 0.727. The molecular weight excluding hydrogens is 362 g/mol. The van der Waals surface area contributed by atoms with Gasteiger partial charge >= 0.3 is 0 Å². The molecule has 0 spiro atoms. The predicted octanol–water partition coefficient (Wildman–Crippen LogP) is 3.31. The summed E-state index contributed by atoms with van der Waals surface area (Å²) in [6, 6.07) is 18.4. The van der Waals surface area contributed by atoms with Crippen LogP contribution in [0.15, 0.2) is 54.6 Å². The van der Waals surface area contributed by atoms with E-state index in [9.17, 15) is 4.79 Å². The van der Waals surface area contributed by atoms with E-state index in [0.717, 1.165) is 49.4 Å². The Bertz CT molecular complexity index is 963. The first-order valence-electron chi connectivity index (χ1n) is 10.2. The largest absolute Gasteiger partial charge is 0.337 e. The molecule has 0 unspecified atom stereocenters. The molecule has 1 atom stereocenters. The number of piperidine rings is 1. The first-order valence-corrected chi connectivity index (χ1v) is 10.2. The predicted molar refractivity (Wildman–Crippen MR) is 114 cm³/mol. The van der Waals surface area contributed by atoms with Crippen LogP contribution in [-0.2, 0) is 0 Å². The zero-order valence-corrected chi connectivity index (χ0v) is 17.0. The van der Waals surface area contributed by atoms with Crippen LogP contribution in [0.2, 0.25) is 0 Å². The number of likely N-dealkylation sites (tertiary alicyclic amines) is 1. The molecule has 1 aliphatic heterocycles. The maximum absolute atomic E-state index is 13.0. The Labute approximate surface area is 171 Å². The van der Waals surface area contributed by atoms with Gasteiger partial charge < -0.3 is 10.2 Å². The first kappa shape index (κ1) is 19.3. The summed E-state index contributed by atoms with van der Waals surface area (Å²) in [6.45, 7) is 4.41. The fraction of sp³-hybridized carbons (Fsp3) is 0.348. The lowest BCUT2D eigenvalue weighted by Gasteiger charge is -2.32. The zero-order chi connectivity index (χ0) is 20.2. The summed E-state index contributed by atoms with van der Waals surface area (Å²) < 4.78 is 1.75. The van der Waals surface area contributed by atoms with E-state index in [4.69, 9.17) is 0 Å². The topological polar surface area (TPSA) is 63.1 Å². The summed E-state index contributed by atoms with van der Waals surface area (Å²) >= 11 is 0. The minimum Gasteiger partial charge on any atom is -0.337 e. The normalized spacial score (nSPS) is 16.8. The van der Waals surface area contributed by atoms with Crippen LogP contribution < -0.4 is 5.32 Å². The summed E-state index contributed by atoms with van der Waals surface area (Å²) in [6.07, 6.45) is 2.19. The summed E-state index contributed by atoms with van der Waals surface area (Å²) in [4.78, 5) is 15.0. The molecule has 6 nitrogen and oxygen atoms in total. The number of hydrogen-bond acceptors (Lipinski definition) is 4. The van der Waals surface area contributed by atoms with Crippen molar-refractivity contribution in [2.75, 3.05) is 26.7 Å². The molecular formula is C23H27N5O. The standard InChI is InChI=1S/C23H27N5O/c1-17-22(23(29)27-14-6-7-18(16-27)15-24-2)25-26-28(17)21-12-10-20(11-13-21)19-8-4-3-5-9-19/h3-5,8-13,18,24H,6-7,14-16H2,1-2H3/t18-/m0/s1. The van der Waals surface area contributed by atoms with Crippen LogP contribution in [0.25, 0.3) is 16.8 Å². The highest BCUT2D eigenvalue weighted by atomic mass is 16.2. The number of hydrogen-bond donors (Lipinski definition) is 1. The van der Waals surface area contributed by atoms with Crippen molar-refractivity contribution in [3.8, 4) is 16.8 Å². The van der Waals surface area contributed by atoms with Gasteiger partial charge in [-0.25, -0.2) is 4.68 Å². The van der Waals surface area contributed by atoms with Crippen molar-refractivity contribution in [2.24, 2.45) is 5.92 Å². The van der Waals surface area contributed by atoms with Crippen LogP contribution in [0.3, 0.4) is 0 Å². The molecule has 0 aliphatic carbocycles. The lowest BCUT2D eigenvalue weighted by molar-refractivity contribution is 0.0667. The van der Waals surface area contributed by atoms with Gasteiger partial charge in [0.05, 0.1) is 11.4 Å². The highest BCUT2D eigenvalue weighted by Crippen LogP contribution is 2.23. The van der Waals surface area contributed by atoms with Gasteiger partial charge in [-0.15, -0.1) is 5.10 Å². The number of benzene rings is 2. The van der Waals surface area contributed by atoms with Crippen molar-refractivity contribution in [1.29, 1.82) is 0 Å². The Morgan fingerprint density at radius 1 is 1.10 bits per heavy atom. The van der Waals surface area contributed by atoms with Gasteiger partial charge in [0.25, 0.3) is 5.91 Å². The van der Waals surface area contributed by atoms with Gasteiger partial charge in [-0.2, -0.15) is 0 Å². The van der Waals surface area contributed by atoms with E-state index in [0.29, 0.717) is 11.6 Å². The molecule has 2 heterocycles. The van der Waals surface area contributed by atoms with Crippen molar-refractivity contribution in [1.82, 2.24) is 25.2 Å². The number of nitrogens with one attached hydrogen (secondary N) is 1. The lowest BCUT2D eigenvalue weighted by Crippen LogP contribution is -2.42. The molecule has 2 aromatic carbocycles. The molecule has 0 radical (unpaired) electrons. The fourth-order valence-corrected chi connectivity index (χ4v) is 4.05. The van der Waals surface area contributed by atoms with E-state index in [2.05, 4.69) is 39.9 Å². The second-order valence-corrected chi connectivity index (χ2v) is 7.67. The molecule has 1 N–H and O–H groups in total. The molecule has 1 aliphatic rings. The maximum atomic E-state index is 13.0. The second kappa shape index (κ2) is 8.57.